The van der Waals surface area contributed by atoms with Crippen LogP contribution in [0.2, 0.25) is 0 Å². The summed E-state index contributed by atoms with van der Waals surface area (Å²) in [6.45, 7) is 0.319. The Labute approximate surface area is 205 Å². The van der Waals surface area contributed by atoms with Crippen LogP contribution < -0.4 is 20.3 Å². The normalized spacial score (nSPS) is 18.6. The lowest BCUT2D eigenvalue weighted by atomic mass is 9.91. The SMILES string of the molecule is CN(C)c1cc(NC2CCC(NCc3ccc(Br)cc3OC(F)(F)F)CC2)nc2ccccc12. The highest BCUT2D eigenvalue weighted by molar-refractivity contribution is 9.10. The van der Waals surface area contributed by atoms with Crippen LogP contribution in [-0.4, -0.2) is 37.5 Å². The number of hydrogen-bond acceptors (Lipinski definition) is 5. The Balaban J connectivity index is 1.34. The first-order chi connectivity index (χ1) is 16.2. The van der Waals surface area contributed by atoms with Gasteiger partial charge in [0.25, 0.3) is 0 Å². The molecule has 0 amide bonds. The van der Waals surface area contributed by atoms with Crippen LogP contribution in [0, 0.1) is 0 Å². The summed E-state index contributed by atoms with van der Waals surface area (Å²) < 4.78 is 43.0. The lowest BCUT2D eigenvalue weighted by molar-refractivity contribution is -0.274. The molecule has 1 aliphatic carbocycles. The molecule has 34 heavy (non-hydrogen) atoms. The Morgan fingerprint density at radius 1 is 1.03 bits per heavy atom. The zero-order valence-corrected chi connectivity index (χ0v) is 20.7. The summed E-state index contributed by atoms with van der Waals surface area (Å²) in [4.78, 5) is 6.88. The Morgan fingerprint density at radius 2 is 1.74 bits per heavy atom. The van der Waals surface area contributed by atoms with Crippen molar-refractivity contribution in [3.63, 3.8) is 0 Å². The maximum atomic E-state index is 12.8. The molecular formula is C25H28BrF3N4O. The maximum Gasteiger partial charge on any atom is 0.573 e. The summed E-state index contributed by atoms with van der Waals surface area (Å²) in [5.41, 5.74) is 2.56. The second-order valence-corrected chi connectivity index (χ2v) is 9.73. The fourth-order valence-electron chi connectivity index (χ4n) is 4.40. The molecule has 0 aliphatic heterocycles. The van der Waals surface area contributed by atoms with Gasteiger partial charge in [-0.25, -0.2) is 4.98 Å². The number of benzene rings is 2. The zero-order valence-electron chi connectivity index (χ0n) is 19.1. The van der Waals surface area contributed by atoms with Gasteiger partial charge in [0.05, 0.1) is 5.52 Å². The minimum Gasteiger partial charge on any atom is -0.405 e. The van der Waals surface area contributed by atoms with Gasteiger partial charge in [0, 0.05) is 59.9 Å². The van der Waals surface area contributed by atoms with Crippen molar-refractivity contribution in [2.24, 2.45) is 0 Å². The average molecular weight is 537 g/mol. The predicted molar refractivity (Wildman–Crippen MR) is 133 cm³/mol. The van der Waals surface area contributed by atoms with Crippen LogP contribution in [0.5, 0.6) is 5.75 Å². The molecule has 0 bridgehead atoms. The van der Waals surface area contributed by atoms with Crippen molar-refractivity contribution in [2.45, 2.75) is 50.7 Å². The van der Waals surface area contributed by atoms with Gasteiger partial charge < -0.3 is 20.3 Å². The quantitative estimate of drug-likeness (QED) is 0.362. The number of para-hydroxylation sites is 1. The van der Waals surface area contributed by atoms with Crippen molar-refractivity contribution >= 4 is 38.3 Å². The molecule has 4 rings (SSSR count). The smallest absolute Gasteiger partial charge is 0.405 e. The first kappa shape index (κ1) is 24.6. The Morgan fingerprint density at radius 3 is 2.44 bits per heavy atom. The van der Waals surface area contributed by atoms with Crippen LogP contribution in [-0.2, 0) is 6.54 Å². The monoisotopic (exact) mass is 536 g/mol. The number of aromatic nitrogens is 1. The molecule has 0 radical (unpaired) electrons. The molecule has 1 fully saturated rings. The number of fused-ring (bicyclic) bond motifs is 1. The molecule has 1 aliphatic rings. The largest absolute Gasteiger partial charge is 0.573 e. The van der Waals surface area contributed by atoms with E-state index in [1.165, 1.54) is 6.07 Å². The molecule has 3 aromatic rings. The number of nitrogens with zero attached hydrogens (tertiary/aromatic N) is 2. The minimum atomic E-state index is -4.72. The van der Waals surface area contributed by atoms with Crippen molar-refractivity contribution in [3.05, 3.63) is 58.6 Å². The third-order valence-corrected chi connectivity index (χ3v) is 6.58. The molecule has 0 unspecified atom stereocenters. The Bertz CT molecular complexity index is 1130. The van der Waals surface area contributed by atoms with E-state index in [1.54, 1.807) is 12.1 Å². The molecule has 1 aromatic heterocycles. The van der Waals surface area contributed by atoms with Crippen LogP contribution in [0.15, 0.2) is 53.0 Å². The Kier molecular flexibility index (Phi) is 7.52. The molecule has 1 saturated carbocycles. The van der Waals surface area contributed by atoms with Gasteiger partial charge in [0.15, 0.2) is 0 Å². The Hall–Kier alpha value is -2.52. The highest BCUT2D eigenvalue weighted by Crippen LogP contribution is 2.31. The minimum absolute atomic E-state index is 0.177. The molecule has 2 N–H and O–H groups in total. The van der Waals surface area contributed by atoms with Gasteiger partial charge in [-0.1, -0.05) is 40.2 Å². The summed E-state index contributed by atoms with van der Waals surface area (Å²) in [7, 11) is 4.05. The van der Waals surface area contributed by atoms with E-state index < -0.39 is 6.36 Å². The summed E-state index contributed by atoms with van der Waals surface area (Å²) in [5.74, 6) is 0.686. The van der Waals surface area contributed by atoms with Gasteiger partial charge >= 0.3 is 6.36 Å². The molecule has 0 spiro atoms. The van der Waals surface area contributed by atoms with Gasteiger partial charge in [0.1, 0.15) is 11.6 Å². The van der Waals surface area contributed by atoms with E-state index in [4.69, 9.17) is 4.98 Å². The standard InChI is InChI=1S/C25H28BrF3N4O/c1-33(2)22-14-24(32-21-6-4-3-5-20(21)22)31-19-11-9-18(10-12-19)30-15-16-7-8-17(26)13-23(16)34-25(27,28)29/h3-8,13-14,18-19,30H,9-12,15H2,1-2H3,(H,31,32). The van der Waals surface area contributed by atoms with Crippen LogP contribution in [0.3, 0.4) is 0 Å². The van der Waals surface area contributed by atoms with E-state index >= 15 is 0 Å². The van der Waals surface area contributed by atoms with Crippen molar-refractivity contribution in [1.82, 2.24) is 10.3 Å². The van der Waals surface area contributed by atoms with Gasteiger partial charge in [0.2, 0.25) is 0 Å². The second kappa shape index (κ2) is 10.4. The summed E-state index contributed by atoms with van der Waals surface area (Å²) in [5, 5.41) is 8.11. The van der Waals surface area contributed by atoms with Crippen LogP contribution in [0.1, 0.15) is 31.2 Å². The average Bonchev–Trinajstić information content (AvgIpc) is 2.78. The highest BCUT2D eigenvalue weighted by atomic mass is 79.9. The van der Waals surface area contributed by atoms with E-state index in [2.05, 4.69) is 48.3 Å². The zero-order chi connectivity index (χ0) is 24.3. The van der Waals surface area contributed by atoms with E-state index in [1.807, 2.05) is 32.3 Å². The number of anilines is 2. The number of ether oxygens (including phenoxy) is 1. The number of alkyl halides is 3. The molecular weight excluding hydrogens is 509 g/mol. The van der Waals surface area contributed by atoms with E-state index in [0.29, 0.717) is 22.6 Å². The van der Waals surface area contributed by atoms with Gasteiger partial charge in [-0.15, -0.1) is 13.2 Å². The summed E-state index contributed by atoms with van der Waals surface area (Å²) in [6.07, 6.45) is -0.955. The number of pyridine rings is 1. The van der Waals surface area contributed by atoms with Crippen LogP contribution in [0.4, 0.5) is 24.7 Å². The number of nitrogens with one attached hydrogen (secondary N) is 2. The van der Waals surface area contributed by atoms with Crippen molar-refractivity contribution in [2.75, 3.05) is 24.3 Å². The number of halogens is 4. The molecule has 9 heteroatoms. The second-order valence-electron chi connectivity index (χ2n) is 8.81. The van der Waals surface area contributed by atoms with Crippen molar-refractivity contribution < 1.29 is 17.9 Å². The molecule has 1 heterocycles. The molecule has 0 saturated heterocycles. The molecule has 182 valence electrons. The predicted octanol–water partition coefficient (Wildman–Crippen LogP) is 6.47. The third-order valence-electron chi connectivity index (χ3n) is 6.09. The number of rotatable bonds is 7. The van der Waals surface area contributed by atoms with Gasteiger partial charge in [-0.2, -0.15) is 0 Å². The van der Waals surface area contributed by atoms with Crippen molar-refractivity contribution in [3.8, 4) is 5.75 Å². The fraction of sp³-hybridized carbons (Fsp3) is 0.400. The lowest BCUT2D eigenvalue weighted by Crippen LogP contribution is -2.37. The van der Waals surface area contributed by atoms with E-state index in [0.717, 1.165) is 48.1 Å². The summed E-state index contributed by atoms with van der Waals surface area (Å²) in [6, 6.07) is 15.5. The third kappa shape index (κ3) is 6.33. The fourth-order valence-corrected chi connectivity index (χ4v) is 4.74. The van der Waals surface area contributed by atoms with E-state index in [9.17, 15) is 13.2 Å². The number of hydrogen-bond donors (Lipinski definition) is 2. The molecule has 0 atom stereocenters. The first-order valence-corrected chi connectivity index (χ1v) is 12.1. The first-order valence-electron chi connectivity index (χ1n) is 11.3. The van der Waals surface area contributed by atoms with Gasteiger partial charge in [-0.05, 0) is 43.9 Å². The summed E-state index contributed by atoms with van der Waals surface area (Å²) >= 11 is 3.21. The lowest BCUT2D eigenvalue weighted by Gasteiger charge is -2.30. The van der Waals surface area contributed by atoms with Crippen LogP contribution >= 0.6 is 15.9 Å². The van der Waals surface area contributed by atoms with E-state index in [-0.39, 0.29) is 11.8 Å². The molecule has 2 aromatic carbocycles. The van der Waals surface area contributed by atoms with Gasteiger partial charge in [-0.3, -0.25) is 0 Å². The molecule has 5 nitrogen and oxygen atoms in total. The van der Waals surface area contributed by atoms with Crippen LogP contribution in [0.25, 0.3) is 10.9 Å². The van der Waals surface area contributed by atoms with Crippen molar-refractivity contribution in [1.29, 1.82) is 0 Å². The highest BCUT2D eigenvalue weighted by Gasteiger charge is 2.32. The topological polar surface area (TPSA) is 49.4 Å². The maximum absolute atomic E-state index is 12.8.